The molecule has 34 heavy (non-hydrogen) atoms. The molecule has 2 amide bonds. The Kier molecular flexibility index (Phi) is 6.88. The van der Waals surface area contributed by atoms with Gasteiger partial charge in [-0.15, -0.1) is 0 Å². The van der Waals surface area contributed by atoms with Gasteiger partial charge in [0.2, 0.25) is 11.8 Å². The Balaban J connectivity index is 1.49. The summed E-state index contributed by atoms with van der Waals surface area (Å²) in [4.78, 5) is 36.5. The Hall–Kier alpha value is -3.01. The largest absolute Gasteiger partial charge is 0.433 e. The molecule has 2 aromatic rings. The van der Waals surface area contributed by atoms with Gasteiger partial charge in [0.05, 0.1) is 12.2 Å². The van der Waals surface area contributed by atoms with Crippen LogP contribution in [0.4, 0.5) is 13.2 Å². The van der Waals surface area contributed by atoms with Crippen molar-refractivity contribution in [2.24, 2.45) is 11.7 Å². The summed E-state index contributed by atoms with van der Waals surface area (Å²) in [5.74, 6) is 0.151. The van der Waals surface area contributed by atoms with Crippen molar-refractivity contribution >= 4 is 11.8 Å². The Morgan fingerprint density at radius 3 is 2.65 bits per heavy atom. The first-order chi connectivity index (χ1) is 16.1. The molecule has 0 bridgehead atoms. The van der Waals surface area contributed by atoms with E-state index in [1.165, 1.54) is 4.90 Å². The van der Waals surface area contributed by atoms with Gasteiger partial charge in [-0.2, -0.15) is 13.2 Å². The molecule has 0 unspecified atom stereocenters. The van der Waals surface area contributed by atoms with E-state index >= 15 is 0 Å². The van der Waals surface area contributed by atoms with Gasteiger partial charge in [0, 0.05) is 49.6 Å². The molecule has 0 saturated carbocycles. The van der Waals surface area contributed by atoms with E-state index in [1.54, 1.807) is 35.2 Å². The van der Waals surface area contributed by atoms with Crippen LogP contribution in [0.5, 0.6) is 0 Å². The minimum Gasteiger partial charge on any atom is -0.341 e. The highest BCUT2D eigenvalue weighted by atomic mass is 19.4. The molecule has 0 spiro atoms. The topological polar surface area (TPSA) is 92.4 Å². The number of carbonyl (C=O) groups is 2. The van der Waals surface area contributed by atoms with Gasteiger partial charge < -0.3 is 15.5 Å². The number of aromatic nitrogens is 2. The van der Waals surface area contributed by atoms with E-state index in [4.69, 9.17) is 5.73 Å². The highest BCUT2D eigenvalue weighted by Gasteiger charge is 2.39. The molecule has 2 aliphatic rings. The zero-order valence-corrected chi connectivity index (χ0v) is 19.0. The Morgan fingerprint density at radius 1 is 1.21 bits per heavy atom. The van der Waals surface area contributed by atoms with E-state index in [9.17, 15) is 22.8 Å². The predicted octanol–water partition coefficient (Wildman–Crippen LogP) is 3.02. The second-order valence-corrected chi connectivity index (χ2v) is 9.16. The monoisotopic (exact) mass is 475 g/mol. The van der Waals surface area contributed by atoms with Gasteiger partial charge in [-0.25, -0.2) is 9.97 Å². The number of amides is 2. The van der Waals surface area contributed by atoms with Crippen LogP contribution in [-0.2, 0) is 28.7 Å². The van der Waals surface area contributed by atoms with E-state index in [0.29, 0.717) is 24.4 Å². The number of hydrogen-bond donors (Lipinski definition) is 1. The molecule has 1 aromatic carbocycles. The molecule has 2 atom stereocenters. The molecule has 4 rings (SSSR count). The SMILES string of the molecule is C[C@@H]1CCC(=O)N(C[C@H](N)CC(=O)N2CCc3c(nc(-c4ccccc4)nc3C(F)(F)F)C2)C1. The lowest BCUT2D eigenvalue weighted by Gasteiger charge is -2.34. The highest BCUT2D eigenvalue weighted by molar-refractivity contribution is 5.78. The van der Waals surface area contributed by atoms with Gasteiger partial charge >= 0.3 is 6.18 Å². The van der Waals surface area contributed by atoms with Crippen LogP contribution in [0.15, 0.2) is 30.3 Å². The lowest BCUT2D eigenvalue weighted by molar-refractivity contribution is -0.142. The minimum atomic E-state index is -4.62. The van der Waals surface area contributed by atoms with Crippen molar-refractivity contribution < 1.29 is 22.8 Å². The molecule has 0 aliphatic carbocycles. The lowest BCUT2D eigenvalue weighted by Crippen LogP contribution is -2.48. The lowest BCUT2D eigenvalue weighted by atomic mass is 9.98. The quantitative estimate of drug-likeness (QED) is 0.718. The summed E-state index contributed by atoms with van der Waals surface area (Å²) in [6.45, 7) is 3.08. The summed E-state index contributed by atoms with van der Waals surface area (Å²) in [6, 6.07) is 7.92. The van der Waals surface area contributed by atoms with Crippen molar-refractivity contribution in [2.75, 3.05) is 19.6 Å². The number of rotatable bonds is 5. The molecular formula is C24H28F3N5O2. The van der Waals surface area contributed by atoms with E-state index in [1.807, 2.05) is 0 Å². The molecule has 1 saturated heterocycles. The molecule has 2 aliphatic heterocycles. The van der Waals surface area contributed by atoms with Crippen molar-refractivity contribution in [3.05, 3.63) is 47.3 Å². The fourth-order valence-electron chi connectivity index (χ4n) is 4.57. The summed E-state index contributed by atoms with van der Waals surface area (Å²) >= 11 is 0. The average Bonchev–Trinajstić information content (AvgIpc) is 2.80. The first-order valence-corrected chi connectivity index (χ1v) is 11.5. The number of halogens is 3. The maximum absolute atomic E-state index is 13.8. The molecule has 1 aromatic heterocycles. The van der Waals surface area contributed by atoms with E-state index in [-0.39, 0.29) is 61.4 Å². The maximum Gasteiger partial charge on any atom is 0.433 e. The second kappa shape index (κ2) is 9.69. The highest BCUT2D eigenvalue weighted by Crippen LogP contribution is 2.35. The van der Waals surface area contributed by atoms with E-state index in [2.05, 4.69) is 16.9 Å². The van der Waals surface area contributed by atoms with Crippen LogP contribution >= 0.6 is 0 Å². The molecule has 182 valence electrons. The second-order valence-electron chi connectivity index (χ2n) is 9.16. The van der Waals surface area contributed by atoms with Gasteiger partial charge in [0.25, 0.3) is 0 Å². The summed E-state index contributed by atoms with van der Waals surface area (Å²) in [5, 5.41) is 0. The number of carbonyl (C=O) groups excluding carboxylic acids is 2. The van der Waals surface area contributed by atoms with Gasteiger partial charge in [0.15, 0.2) is 11.5 Å². The van der Waals surface area contributed by atoms with Crippen LogP contribution in [0.25, 0.3) is 11.4 Å². The zero-order valence-electron chi connectivity index (χ0n) is 19.0. The molecule has 7 nitrogen and oxygen atoms in total. The van der Waals surface area contributed by atoms with Gasteiger partial charge in [-0.05, 0) is 18.8 Å². The van der Waals surface area contributed by atoms with Gasteiger partial charge in [-0.1, -0.05) is 37.3 Å². The Bertz CT molecular complexity index is 1060. The number of alkyl halides is 3. The van der Waals surface area contributed by atoms with Crippen molar-refractivity contribution in [2.45, 2.75) is 51.4 Å². The third kappa shape index (κ3) is 5.38. The predicted molar refractivity (Wildman–Crippen MR) is 119 cm³/mol. The number of likely N-dealkylation sites (tertiary alicyclic amines) is 1. The zero-order chi connectivity index (χ0) is 24.5. The molecule has 10 heteroatoms. The van der Waals surface area contributed by atoms with Crippen LogP contribution in [0.3, 0.4) is 0 Å². The minimum absolute atomic E-state index is 0.0102. The first-order valence-electron chi connectivity index (χ1n) is 11.5. The van der Waals surface area contributed by atoms with Crippen molar-refractivity contribution in [3.8, 4) is 11.4 Å². The number of hydrogen-bond acceptors (Lipinski definition) is 5. The van der Waals surface area contributed by atoms with Crippen molar-refractivity contribution in [1.29, 1.82) is 0 Å². The summed E-state index contributed by atoms with van der Waals surface area (Å²) in [7, 11) is 0. The van der Waals surface area contributed by atoms with E-state index < -0.39 is 17.9 Å². The number of nitrogens with two attached hydrogens (primary N) is 1. The summed E-state index contributed by atoms with van der Waals surface area (Å²) < 4.78 is 41.3. The average molecular weight is 476 g/mol. The van der Waals surface area contributed by atoms with Gasteiger partial charge in [-0.3, -0.25) is 9.59 Å². The van der Waals surface area contributed by atoms with Crippen LogP contribution < -0.4 is 5.73 Å². The van der Waals surface area contributed by atoms with Crippen LogP contribution in [0, 0.1) is 5.92 Å². The molecular weight excluding hydrogens is 447 g/mol. The summed E-state index contributed by atoms with van der Waals surface area (Å²) in [6.07, 6.45) is -3.26. The molecule has 1 fully saturated rings. The maximum atomic E-state index is 13.8. The van der Waals surface area contributed by atoms with Gasteiger partial charge in [0.1, 0.15) is 0 Å². The van der Waals surface area contributed by atoms with Crippen LogP contribution in [0.1, 0.15) is 43.1 Å². The molecule has 0 radical (unpaired) electrons. The summed E-state index contributed by atoms with van der Waals surface area (Å²) in [5.41, 5.74) is 5.95. The number of fused-ring (bicyclic) bond motifs is 1. The van der Waals surface area contributed by atoms with E-state index in [0.717, 1.165) is 6.42 Å². The Morgan fingerprint density at radius 2 is 1.94 bits per heavy atom. The van der Waals surface area contributed by atoms with Crippen molar-refractivity contribution in [3.63, 3.8) is 0 Å². The third-order valence-corrected chi connectivity index (χ3v) is 6.35. The van der Waals surface area contributed by atoms with Crippen LogP contribution in [0.2, 0.25) is 0 Å². The third-order valence-electron chi connectivity index (χ3n) is 6.35. The smallest absolute Gasteiger partial charge is 0.341 e. The standard InChI is InChI=1S/C24H28F3N5O2/c1-15-7-8-20(33)32(12-15)13-17(28)11-21(34)31-10-9-18-19(14-31)29-23(16-5-3-2-4-6-16)30-22(18)24(25,26)27/h2-6,15,17H,7-14,28H2,1H3/t15-,17-/m1/s1. The molecule has 3 heterocycles. The van der Waals surface area contributed by atoms with Crippen molar-refractivity contribution in [1.82, 2.24) is 19.8 Å². The van der Waals surface area contributed by atoms with Crippen LogP contribution in [-0.4, -0.2) is 57.3 Å². The number of benzene rings is 1. The number of piperidine rings is 1. The first kappa shape index (κ1) is 24.1. The normalized spacial score (nSPS) is 19.7. The Labute approximate surface area is 196 Å². The fraction of sp³-hybridized carbons (Fsp3) is 0.500. The fourth-order valence-corrected chi connectivity index (χ4v) is 4.57. The molecule has 2 N–H and O–H groups in total. The number of nitrogens with zero attached hydrogens (tertiary/aromatic N) is 4.